The zero-order chi connectivity index (χ0) is 20.4. The summed E-state index contributed by atoms with van der Waals surface area (Å²) in [6, 6.07) is 0. The van der Waals surface area contributed by atoms with E-state index in [9.17, 15) is 14.4 Å². The van der Waals surface area contributed by atoms with Gasteiger partial charge in [0, 0.05) is 16.7 Å². The summed E-state index contributed by atoms with van der Waals surface area (Å²) in [5.41, 5.74) is 0.995. The molecule has 0 unspecified atom stereocenters. The molecular weight excluding hydrogens is 328 g/mol. The maximum atomic E-state index is 10.7. The molecular formula is C18H30O7. The van der Waals surface area contributed by atoms with Gasteiger partial charge in [-0.1, -0.05) is 33.1 Å². The molecule has 0 aromatic heterocycles. The monoisotopic (exact) mass is 358 g/mol. The van der Waals surface area contributed by atoms with Crippen molar-refractivity contribution >= 4 is 17.9 Å². The average molecular weight is 358 g/mol. The van der Waals surface area contributed by atoms with Gasteiger partial charge in [0.05, 0.1) is 13.2 Å². The minimum atomic E-state index is -0.935. The van der Waals surface area contributed by atoms with Gasteiger partial charge in [-0.15, -0.1) is 0 Å². The van der Waals surface area contributed by atoms with E-state index in [-0.39, 0.29) is 24.8 Å². The zero-order valence-electron chi connectivity index (χ0n) is 15.6. The number of aliphatic hydroxyl groups is 1. The number of aliphatic carboxylic acids is 1. The van der Waals surface area contributed by atoms with Gasteiger partial charge in [0.1, 0.15) is 6.61 Å². The highest BCUT2D eigenvalue weighted by Gasteiger charge is 2.00. The molecule has 0 aliphatic rings. The maximum absolute atomic E-state index is 10.7. The van der Waals surface area contributed by atoms with Crippen molar-refractivity contribution in [2.24, 2.45) is 0 Å². The lowest BCUT2D eigenvalue weighted by Gasteiger charge is -2.01. The van der Waals surface area contributed by atoms with Crippen LogP contribution in [0.3, 0.4) is 0 Å². The van der Waals surface area contributed by atoms with Gasteiger partial charge in [-0.05, 0) is 27.2 Å². The minimum Gasteiger partial charge on any atom is -0.478 e. The van der Waals surface area contributed by atoms with Gasteiger partial charge in [-0.2, -0.15) is 0 Å². The number of carboxylic acid groups (broad SMARTS) is 1. The number of esters is 2. The highest BCUT2D eigenvalue weighted by atomic mass is 16.5. The third kappa shape index (κ3) is 24.0. The summed E-state index contributed by atoms with van der Waals surface area (Å²) in [6.07, 6.45) is 1.97. The molecule has 0 amide bonds. The normalized spacial score (nSPS) is 8.52. The summed E-state index contributed by atoms with van der Waals surface area (Å²) in [6.45, 7) is 17.1. The Morgan fingerprint density at radius 2 is 1.20 bits per heavy atom. The minimum absolute atomic E-state index is 0.0473. The van der Waals surface area contributed by atoms with Gasteiger partial charge in [-0.25, -0.2) is 14.4 Å². The van der Waals surface area contributed by atoms with Crippen LogP contribution < -0.4 is 0 Å². The van der Waals surface area contributed by atoms with Crippen molar-refractivity contribution in [3.63, 3.8) is 0 Å². The van der Waals surface area contributed by atoms with E-state index in [0.29, 0.717) is 17.8 Å². The van der Waals surface area contributed by atoms with Gasteiger partial charge in [0.15, 0.2) is 0 Å². The molecule has 0 aromatic rings. The first-order valence-corrected chi connectivity index (χ1v) is 7.66. The van der Waals surface area contributed by atoms with Crippen molar-refractivity contribution in [1.82, 2.24) is 0 Å². The molecule has 0 aliphatic carbocycles. The molecule has 7 nitrogen and oxygen atoms in total. The fraction of sp³-hybridized carbons (Fsp3) is 0.500. The van der Waals surface area contributed by atoms with E-state index in [1.54, 1.807) is 13.8 Å². The number of carbonyl (C=O) groups is 3. The predicted octanol–water partition coefficient (Wildman–Crippen LogP) is 2.65. The van der Waals surface area contributed by atoms with Gasteiger partial charge in [-0.3, -0.25) is 0 Å². The summed E-state index contributed by atoms with van der Waals surface area (Å²) >= 11 is 0. The van der Waals surface area contributed by atoms with Gasteiger partial charge in [0.2, 0.25) is 0 Å². The number of ether oxygens (including phenoxy) is 2. The fourth-order valence-corrected chi connectivity index (χ4v) is 0.694. The van der Waals surface area contributed by atoms with E-state index in [1.165, 1.54) is 6.92 Å². The van der Waals surface area contributed by atoms with Crippen LogP contribution in [0.4, 0.5) is 0 Å². The molecule has 0 aromatic carbocycles. The molecule has 0 aliphatic heterocycles. The zero-order valence-corrected chi connectivity index (χ0v) is 15.6. The largest absolute Gasteiger partial charge is 0.478 e. The molecule has 0 saturated carbocycles. The molecule has 0 saturated heterocycles. The van der Waals surface area contributed by atoms with Crippen LogP contribution in [0.1, 0.15) is 40.5 Å². The van der Waals surface area contributed by atoms with Crippen LogP contribution >= 0.6 is 0 Å². The summed E-state index contributed by atoms with van der Waals surface area (Å²) in [5.74, 6) is -1.67. The summed E-state index contributed by atoms with van der Waals surface area (Å²) in [7, 11) is 0. The lowest BCUT2D eigenvalue weighted by atomic mass is 10.3. The quantitative estimate of drug-likeness (QED) is 0.390. The van der Waals surface area contributed by atoms with Gasteiger partial charge in [0.25, 0.3) is 0 Å². The number of hydrogen-bond acceptors (Lipinski definition) is 6. The first-order valence-electron chi connectivity index (χ1n) is 7.66. The van der Waals surface area contributed by atoms with E-state index >= 15 is 0 Å². The number of rotatable bonds is 8. The molecule has 2 N–H and O–H groups in total. The number of hydrogen-bond donors (Lipinski definition) is 2. The predicted molar refractivity (Wildman–Crippen MR) is 96.0 cm³/mol. The van der Waals surface area contributed by atoms with Crippen LogP contribution in [0.25, 0.3) is 0 Å². The molecule has 7 heteroatoms. The number of aliphatic hydroxyl groups excluding tert-OH is 1. The molecule has 0 rings (SSSR count). The highest BCUT2D eigenvalue weighted by molar-refractivity contribution is 5.87. The first-order chi connectivity index (χ1) is 11.5. The Bertz CT molecular complexity index is 452. The van der Waals surface area contributed by atoms with Crippen molar-refractivity contribution < 1.29 is 34.1 Å². The Balaban J connectivity index is -0.000000300. The first kappa shape index (κ1) is 27.4. The second-order valence-electron chi connectivity index (χ2n) is 5.00. The van der Waals surface area contributed by atoms with Crippen LogP contribution in [-0.2, 0) is 23.9 Å². The molecule has 0 radical (unpaired) electrons. The molecule has 144 valence electrons. The number of unbranched alkanes of at least 4 members (excludes halogenated alkanes) is 1. The van der Waals surface area contributed by atoms with Crippen molar-refractivity contribution in [3.05, 3.63) is 36.5 Å². The van der Waals surface area contributed by atoms with E-state index < -0.39 is 11.9 Å². The van der Waals surface area contributed by atoms with Gasteiger partial charge < -0.3 is 19.7 Å². The Morgan fingerprint density at radius 3 is 1.44 bits per heavy atom. The Morgan fingerprint density at radius 1 is 0.840 bits per heavy atom. The van der Waals surface area contributed by atoms with Crippen LogP contribution in [0, 0.1) is 0 Å². The average Bonchev–Trinajstić information content (AvgIpc) is 2.53. The molecule has 0 bridgehead atoms. The van der Waals surface area contributed by atoms with Gasteiger partial charge >= 0.3 is 17.9 Å². The smallest absolute Gasteiger partial charge is 0.333 e. The summed E-state index contributed by atoms with van der Waals surface area (Å²) < 4.78 is 9.27. The van der Waals surface area contributed by atoms with Crippen molar-refractivity contribution in [3.8, 4) is 0 Å². The number of carboxylic acids is 1. The molecule has 25 heavy (non-hydrogen) atoms. The summed E-state index contributed by atoms with van der Waals surface area (Å²) in [4.78, 5) is 30.8. The fourth-order valence-electron chi connectivity index (χ4n) is 0.694. The second-order valence-corrected chi connectivity index (χ2v) is 5.00. The maximum Gasteiger partial charge on any atom is 0.333 e. The molecule has 0 heterocycles. The van der Waals surface area contributed by atoms with Crippen molar-refractivity contribution in [2.75, 3.05) is 19.8 Å². The molecule has 0 spiro atoms. The Kier molecular flexibility index (Phi) is 19.7. The standard InChI is InChI=1S/C8H14O2.C6H10O3.C4H6O2/c1-4-5-6-10-8(9)7(2)3;1-5(2)6(8)9-4-3-7;1-3(2)4(5)6/h2,4-6H2,1,3H3;7H,1,3-4H2,2H3;1H2,2H3,(H,5,6). The Hall–Kier alpha value is -2.41. The van der Waals surface area contributed by atoms with Crippen LogP contribution in [0.2, 0.25) is 0 Å². The van der Waals surface area contributed by atoms with Crippen LogP contribution in [0.5, 0.6) is 0 Å². The highest BCUT2D eigenvalue weighted by Crippen LogP contribution is 1.94. The molecule has 0 fully saturated rings. The topological polar surface area (TPSA) is 110 Å². The van der Waals surface area contributed by atoms with Crippen molar-refractivity contribution in [2.45, 2.75) is 40.5 Å². The lowest BCUT2D eigenvalue weighted by Crippen LogP contribution is -2.08. The van der Waals surface area contributed by atoms with E-state index in [4.69, 9.17) is 14.9 Å². The van der Waals surface area contributed by atoms with E-state index in [2.05, 4.69) is 31.4 Å². The third-order valence-corrected chi connectivity index (χ3v) is 2.12. The summed E-state index contributed by atoms with van der Waals surface area (Å²) in [5, 5.41) is 16.1. The Labute approximate surface area is 149 Å². The van der Waals surface area contributed by atoms with E-state index in [0.717, 1.165) is 12.8 Å². The van der Waals surface area contributed by atoms with Crippen LogP contribution in [0.15, 0.2) is 36.5 Å². The molecule has 0 atom stereocenters. The second kappa shape index (κ2) is 17.9. The third-order valence-electron chi connectivity index (χ3n) is 2.12. The van der Waals surface area contributed by atoms with Crippen molar-refractivity contribution in [1.29, 1.82) is 0 Å². The number of carbonyl (C=O) groups excluding carboxylic acids is 2. The van der Waals surface area contributed by atoms with E-state index in [1.807, 2.05) is 0 Å². The van der Waals surface area contributed by atoms with Crippen LogP contribution in [-0.4, -0.2) is 47.9 Å². The lowest BCUT2D eigenvalue weighted by molar-refractivity contribution is -0.140. The SMILES string of the molecule is C=C(C)C(=O)O.C=C(C)C(=O)OCCCC.C=C(C)C(=O)OCCO.